The Morgan fingerprint density at radius 1 is 1.14 bits per heavy atom. The van der Waals surface area contributed by atoms with Gasteiger partial charge in [-0.1, -0.05) is 30.3 Å². The molecule has 0 radical (unpaired) electrons. The topological polar surface area (TPSA) is 73.7 Å². The molecular weight excluding hydrogens is 366 g/mol. The van der Waals surface area contributed by atoms with Gasteiger partial charge in [-0.15, -0.1) is 0 Å². The molecule has 2 fully saturated rings. The number of aliphatic hydroxyl groups is 1. The van der Waals surface area contributed by atoms with E-state index in [0.29, 0.717) is 6.54 Å². The molecule has 6 heteroatoms. The van der Waals surface area contributed by atoms with Gasteiger partial charge in [-0.2, -0.15) is 0 Å². The molecule has 1 aromatic carbocycles. The van der Waals surface area contributed by atoms with E-state index in [4.69, 9.17) is 0 Å². The predicted molar refractivity (Wildman–Crippen MR) is 110 cm³/mol. The van der Waals surface area contributed by atoms with Crippen LogP contribution in [0.15, 0.2) is 48.8 Å². The Hall–Kier alpha value is -2.73. The molecule has 152 valence electrons. The minimum atomic E-state index is -0.238. The number of hydrogen-bond acceptors (Lipinski definition) is 4. The van der Waals surface area contributed by atoms with Crippen LogP contribution in [0.1, 0.15) is 31.2 Å². The second-order valence-corrected chi connectivity index (χ2v) is 8.13. The van der Waals surface area contributed by atoms with E-state index in [1.807, 2.05) is 23.2 Å². The van der Waals surface area contributed by atoms with Gasteiger partial charge in [0, 0.05) is 44.7 Å². The number of carbonyl (C=O) groups excluding carboxylic acids is 2. The van der Waals surface area contributed by atoms with E-state index in [9.17, 15) is 14.7 Å². The summed E-state index contributed by atoms with van der Waals surface area (Å²) < 4.78 is 0. The molecule has 1 saturated heterocycles. The fourth-order valence-electron chi connectivity index (χ4n) is 4.30. The standard InChI is InChI=1S/C23H27N3O3/c1-15(28)25(2)13-20-22(21(14-27)26(20)23(29)18-9-10-18)17-7-5-16(6-8-17)19-4-3-11-24-12-19/h3-8,11-12,18,20-22,27H,9-10,13-14H2,1-2H3/t20-,21+,22-/m0/s1. The normalized spacial score (nSPS) is 23.4. The number of likely N-dealkylation sites (N-methyl/N-ethyl adjacent to an activating group) is 1. The molecule has 0 spiro atoms. The lowest BCUT2D eigenvalue weighted by atomic mass is 9.74. The molecule has 1 N–H and O–H groups in total. The summed E-state index contributed by atoms with van der Waals surface area (Å²) in [5.41, 5.74) is 3.20. The van der Waals surface area contributed by atoms with Gasteiger partial charge in [0.15, 0.2) is 0 Å². The summed E-state index contributed by atoms with van der Waals surface area (Å²) in [5, 5.41) is 10.1. The smallest absolute Gasteiger partial charge is 0.226 e. The molecule has 29 heavy (non-hydrogen) atoms. The third kappa shape index (κ3) is 3.77. The van der Waals surface area contributed by atoms with Crippen molar-refractivity contribution in [2.24, 2.45) is 5.92 Å². The molecule has 0 unspecified atom stereocenters. The zero-order chi connectivity index (χ0) is 20.5. The molecule has 1 aromatic heterocycles. The Morgan fingerprint density at radius 2 is 1.86 bits per heavy atom. The van der Waals surface area contributed by atoms with Crippen molar-refractivity contribution in [3.8, 4) is 11.1 Å². The van der Waals surface area contributed by atoms with Crippen molar-refractivity contribution in [3.63, 3.8) is 0 Å². The quantitative estimate of drug-likeness (QED) is 0.817. The van der Waals surface area contributed by atoms with Crippen molar-refractivity contribution in [1.29, 1.82) is 0 Å². The fraction of sp³-hybridized carbons (Fsp3) is 0.435. The number of hydrogen-bond donors (Lipinski definition) is 1. The van der Waals surface area contributed by atoms with Crippen LogP contribution in [0.2, 0.25) is 0 Å². The Bertz CT molecular complexity index is 880. The molecule has 2 heterocycles. The Labute approximate surface area is 171 Å². The van der Waals surface area contributed by atoms with Gasteiger partial charge in [-0.05, 0) is 35.6 Å². The zero-order valence-corrected chi connectivity index (χ0v) is 16.9. The number of benzene rings is 1. The molecule has 1 saturated carbocycles. The van der Waals surface area contributed by atoms with E-state index >= 15 is 0 Å². The van der Waals surface area contributed by atoms with Gasteiger partial charge in [0.1, 0.15) is 0 Å². The van der Waals surface area contributed by atoms with E-state index in [2.05, 4.69) is 29.2 Å². The van der Waals surface area contributed by atoms with Crippen LogP contribution in [0.3, 0.4) is 0 Å². The summed E-state index contributed by atoms with van der Waals surface area (Å²) in [5.74, 6) is 0.187. The van der Waals surface area contributed by atoms with Crippen LogP contribution in [-0.4, -0.2) is 64.0 Å². The molecule has 2 aliphatic rings. The number of pyridine rings is 1. The average Bonchev–Trinajstić information content (AvgIpc) is 3.57. The van der Waals surface area contributed by atoms with E-state index < -0.39 is 0 Å². The molecular formula is C23H27N3O3. The Morgan fingerprint density at radius 3 is 2.41 bits per heavy atom. The molecule has 4 rings (SSSR count). The van der Waals surface area contributed by atoms with Gasteiger partial charge < -0.3 is 14.9 Å². The highest BCUT2D eigenvalue weighted by Crippen LogP contribution is 2.45. The van der Waals surface area contributed by atoms with Gasteiger partial charge in [0.25, 0.3) is 0 Å². The molecule has 3 atom stereocenters. The highest BCUT2D eigenvalue weighted by molar-refractivity contribution is 5.83. The summed E-state index contributed by atoms with van der Waals surface area (Å²) >= 11 is 0. The van der Waals surface area contributed by atoms with Crippen molar-refractivity contribution in [2.45, 2.75) is 37.8 Å². The number of aromatic nitrogens is 1. The number of nitrogens with zero attached hydrogens (tertiary/aromatic N) is 3. The maximum Gasteiger partial charge on any atom is 0.226 e. The lowest BCUT2D eigenvalue weighted by Gasteiger charge is -2.56. The maximum absolute atomic E-state index is 12.8. The van der Waals surface area contributed by atoms with Gasteiger partial charge in [-0.3, -0.25) is 14.6 Å². The number of aliphatic hydroxyl groups excluding tert-OH is 1. The third-order valence-corrected chi connectivity index (χ3v) is 6.20. The highest BCUT2D eigenvalue weighted by Gasteiger charge is 2.53. The van der Waals surface area contributed by atoms with E-state index in [0.717, 1.165) is 29.5 Å². The van der Waals surface area contributed by atoms with Crippen LogP contribution in [-0.2, 0) is 9.59 Å². The summed E-state index contributed by atoms with van der Waals surface area (Å²) in [6.07, 6.45) is 5.43. The molecule has 1 aliphatic heterocycles. The number of amides is 2. The van der Waals surface area contributed by atoms with Crippen LogP contribution in [0.4, 0.5) is 0 Å². The van der Waals surface area contributed by atoms with Gasteiger partial charge >= 0.3 is 0 Å². The van der Waals surface area contributed by atoms with Gasteiger partial charge in [0.05, 0.1) is 18.7 Å². The van der Waals surface area contributed by atoms with Gasteiger partial charge in [0.2, 0.25) is 11.8 Å². The SMILES string of the molecule is CC(=O)N(C)C[C@H]1[C@H](c2ccc(-c3cccnc3)cc2)[C@@H](CO)N1C(=O)C1CC1. The number of carbonyl (C=O) groups is 2. The first kappa shape index (κ1) is 19.6. The van der Waals surface area contributed by atoms with Crippen molar-refractivity contribution in [2.75, 3.05) is 20.2 Å². The number of likely N-dealkylation sites (tertiary alicyclic amines) is 1. The average molecular weight is 393 g/mol. The largest absolute Gasteiger partial charge is 0.394 e. The van der Waals surface area contributed by atoms with Crippen molar-refractivity contribution < 1.29 is 14.7 Å². The zero-order valence-electron chi connectivity index (χ0n) is 16.9. The summed E-state index contributed by atoms with van der Waals surface area (Å²) in [6, 6.07) is 11.8. The van der Waals surface area contributed by atoms with Crippen LogP contribution in [0.25, 0.3) is 11.1 Å². The van der Waals surface area contributed by atoms with Crippen LogP contribution in [0.5, 0.6) is 0 Å². The second kappa shape index (κ2) is 7.95. The van der Waals surface area contributed by atoms with E-state index in [-0.39, 0.29) is 42.3 Å². The molecule has 1 aliphatic carbocycles. The lowest BCUT2D eigenvalue weighted by molar-refractivity contribution is -0.155. The monoisotopic (exact) mass is 393 g/mol. The first-order valence-electron chi connectivity index (χ1n) is 10.2. The second-order valence-electron chi connectivity index (χ2n) is 8.13. The van der Waals surface area contributed by atoms with Crippen molar-refractivity contribution >= 4 is 11.8 Å². The van der Waals surface area contributed by atoms with Crippen LogP contribution >= 0.6 is 0 Å². The van der Waals surface area contributed by atoms with Crippen LogP contribution < -0.4 is 0 Å². The first-order chi connectivity index (χ1) is 14.0. The Balaban J connectivity index is 1.60. The van der Waals surface area contributed by atoms with Crippen molar-refractivity contribution in [1.82, 2.24) is 14.8 Å². The summed E-state index contributed by atoms with van der Waals surface area (Å²) in [6.45, 7) is 1.93. The van der Waals surface area contributed by atoms with E-state index in [1.54, 1.807) is 18.1 Å². The molecule has 2 aromatic rings. The predicted octanol–water partition coefficient (Wildman–Crippen LogP) is 2.29. The van der Waals surface area contributed by atoms with Crippen LogP contribution in [0, 0.1) is 5.92 Å². The minimum Gasteiger partial charge on any atom is -0.394 e. The third-order valence-electron chi connectivity index (χ3n) is 6.20. The lowest BCUT2D eigenvalue weighted by Crippen LogP contribution is -2.68. The first-order valence-corrected chi connectivity index (χ1v) is 10.2. The molecule has 6 nitrogen and oxygen atoms in total. The Kier molecular flexibility index (Phi) is 5.37. The number of rotatable bonds is 6. The van der Waals surface area contributed by atoms with Crippen molar-refractivity contribution in [3.05, 3.63) is 54.4 Å². The summed E-state index contributed by atoms with van der Waals surface area (Å²) in [4.78, 5) is 32.3. The maximum atomic E-state index is 12.8. The minimum absolute atomic E-state index is 0.00690. The summed E-state index contributed by atoms with van der Waals surface area (Å²) in [7, 11) is 1.76. The molecule has 0 bridgehead atoms. The van der Waals surface area contributed by atoms with Gasteiger partial charge in [-0.25, -0.2) is 0 Å². The fourth-order valence-corrected chi connectivity index (χ4v) is 4.30. The molecule has 2 amide bonds. The highest BCUT2D eigenvalue weighted by atomic mass is 16.3. The van der Waals surface area contributed by atoms with E-state index in [1.165, 1.54) is 6.92 Å².